The second-order valence-corrected chi connectivity index (χ2v) is 6.40. The van der Waals surface area contributed by atoms with Crippen LogP contribution in [0, 0.1) is 0 Å². The Morgan fingerprint density at radius 3 is 2.48 bits per heavy atom. The summed E-state index contributed by atoms with van der Waals surface area (Å²) in [6, 6.07) is 8.06. The van der Waals surface area contributed by atoms with Crippen molar-refractivity contribution in [2.75, 3.05) is 13.1 Å². The number of hydrogen-bond donors (Lipinski definition) is 2. The first-order chi connectivity index (χ1) is 10.1. The van der Waals surface area contributed by atoms with Crippen molar-refractivity contribution in [3.63, 3.8) is 0 Å². The molecule has 0 radical (unpaired) electrons. The lowest BCUT2D eigenvalue weighted by molar-refractivity contribution is -0.126. The van der Waals surface area contributed by atoms with Crippen LogP contribution in [-0.2, 0) is 10.2 Å². The number of nitrogens with one attached hydrogen (secondary N) is 2. The summed E-state index contributed by atoms with van der Waals surface area (Å²) in [5.74, 6) is 0.159. The Bertz CT molecular complexity index is 466. The molecule has 1 saturated carbocycles. The van der Waals surface area contributed by atoms with Crippen LogP contribution in [0.3, 0.4) is 0 Å². The summed E-state index contributed by atoms with van der Waals surface area (Å²) in [5, 5.41) is 7.16. The van der Waals surface area contributed by atoms with Gasteiger partial charge in [0.05, 0.1) is 5.41 Å². The number of rotatable bonds is 6. The standard InChI is InChI=1S/C17H25ClN2O/c1-3-19-13(2)12-20-16(21)17(10-4-5-11-17)14-6-8-15(18)9-7-14/h6-9,13,19H,3-5,10-12H2,1-2H3,(H,20,21)/t13-/m1/s1. The lowest BCUT2D eigenvalue weighted by Crippen LogP contribution is -2.47. The maximum Gasteiger partial charge on any atom is 0.230 e. The van der Waals surface area contributed by atoms with Crippen molar-refractivity contribution >= 4 is 17.5 Å². The van der Waals surface area contributed by atoms with E-state index in [4.69, 9.17) is 11.6 Å². The fourth-order valence-electron chi connectivity index (χ4n) is 3.23. The fourth-order valence-corrected chi connectivity index (χ4v) is 3.36. The molecular weight excluding hydrogens is 284 g/mol. The van der Waals surface area contributed by atoms with Crippen LogP contribution in [0.15, 0.2) is 24.3 Å². The van der Waals surface area contributed by atoms with Crippen molar-refractivity contribution < 1.29 is 4.79 Å². The zero-order valence-electron chi connectivity index (χ0n) is 12.9. The average molecular weight is 309 g/mol. The summed E-state index contributed by atoms with van der Waals surface area (Å²) in [6.45, 7) is 5.75. The van der Waals surface area contributed by atoms with Gasteiger partial charge in [-0.15, -0.1) is 0 Å². The maximum atomic E-state index is 12.8. The molecule has 0 bridgehead atoms. The first kappa shape index (κ1) is 16.3. The van der Waals surface area contributed by atoms with Gasteiger partial charge in [0.15, 0.2) is 0 Å². The van der Waals surface area contributed by atoms with E-state index in [0.29, 0.717) is 17.6 Å². The van der Waals surface area contributed by atoms with Gasteiger partial charge in [-0.2, -0.15) is 0 Å². The average Bonchev–Trinajstić information content (AvgIpc) is 2.96. The van der Waals surface area contributed by atoms with Crippen LogP contribution < -0.4 is 10.6 Å². The summed E-state index contributed by atoms with van der Waals surface area (Å²) in [6.07, 6.45) is 4.07. The molecule has 0 aromatic heterocycles. The molecule has 116 valence electrons. The van der Waals surface area contributed by atoms with Crippen LogP contribution in [0.25, 0.3) is 0 Å². The van der Waals surface area contributed by atoms with Crippen LogP contribution in [0.4, 0.5) is 0 Å². The van der Waals surface area contributed by atoms with E-state index in [0.717, 1.165) is 37.8 Å². The van der Waals surface area contributed by atoms with Gasteiger partial charge >= 0.3 is 0 Å². The fraction of sp³-hybridized carbons (Fsp3) is 0.588. The van der Waals surface area contributed by atoms with E-state index >= 15 is 0 Å². The highest BCUT2D eigenvalue weighted by atomic mass is 35.5. The van der Waals surface area contributed by atoms with Crippen molar-refractivity contribution in [3.8, 4) is 0 Å². The second-order valence-electron chi connectivity index (χ2n) is 5.96. The van der Waals surface area contributed by atoms with Crippen LogP contribution in [0.5, 0.6) is 0 Å². The predicted octanol–water partition coefficient (Wildman–Crippen LogP) is 3.27. The molecule has 21 heavy (non-hydrogen) atoms. The smallest absolute Gasteiger partial charge is 0.230 e. The minimum atomic E-state index is -0.365. The van der Waals surface area contributed by atoms with Gasteiger partial charge < -0.3 is 10.6 Å². The molecule has 0 spiro atoms. The topological polar surface area (TPSA) is 41.1 Å². The molecule has 3 nitrogen and oxygen atoms in total. The molecule has 1 atom stereocenters. The van der Waals surface area contributed by atoms with Crippen molar-refractivity contribution in [2.45, 2.75) is 51.0 Å². The predicted molar refractivity (Wildman–Crippen MR) is 87.7 cm³/mol. The lowest BCUT2D eigenvalue weighted by atomic mass is 9.78. The molecule has 1 amide bonds. The minimum Gasteiger partial charge on any atom is -0.354 e. The third kappa shape index (κ3) is 3.78. The van der Waals surface area contributed by atoms with Crippen molar-refractivity contribution in [1.82, 2.24) is 10.6 Å². The Balaban J connectivity index is 2.10. The molecule has 0 unspecified atom stereocenters. The number of carbonyl (C=O) groups is 1. The number of halogens is 1. The molecule has 1 aliphatic rings. The molecule has 0 saturated heterocycles. The SMILES string of the molecule is CCN[C@H](C)CNC(=O)C1(c2ccc(Cl)cc2)CCCC1. The monoisotopic (exact) mass is 308 g/mol. The molecule has 4 heteroatoms. The van der Waals surface area contributed by atoms with E-state index in [1.54, 1.807) is 0 Å². The number of likely N-dealkylation sites (N-methyl/N-ethyl adjacent to an activating group) is 1. The third-order valence-corrected chi connectivity index (χ3v) is 4.66. The summed E-state index contributed by atoms with van der Waals surface area (Å²) < 4.78 is 0. The number of carbonyl (C=O) groups excluding carboxylic acids is 1. The van der Waals surface area contributed by atoms with Crippen LogP contribution in [0.1, 0.15) is 45.1 Å². The van der Waals surface area contributed by atoms with E-state index in [1.165, 1.54) is 0 Å². The van der Waals surface area contributed by atoms with Gasteiger partial charge in [0.25, 0.3) is 0 Å². The first-order valence-corrected chi connectivity index (χ1v) is 8.24. The Hall–Kier alpha value is -1.06. The van der Waals surface area contributed by atoms with Crippen molar-refractivity contribution in [3.05, 3.63) is 34.9 Å². The largest absolute Gasteiger partial charge is 0.354 e. The second kappa shape index (κ2) is 7.28. The Morgan fingerprint density at radius 2 is 1.90 bits per heavy atom. The van der Waals surface area contributed by atoms with Gasteiger partial charge in [-0.05, 0) is 44.0 Å². The Morgan fingerprint density at radius 1 is 1.29 bits per heavy atom. The van der Waals surface area contributed by atoms with Gasteiger partial charge in [0, 0.05) is 17.6 Å². The number of hydrogen-bond acceptors (Lipinski definition) is 2. The molecule has 1 aromatic rings. The summed E-state index contributed by atoms with van der Waals surface area (Å²) in [5.41, 5.74) is 0.731. The molecule has 1 aliphatic carbocycles. The molecule has 2 N–H and O–H groups in total. The summed E-state index contributed by atoms with van der Waals surface area (Å²) >= 11 is 5.97. The third-order valence-electron chi connectivity index (χ3n) is 4.41. The molecule has 1 fully saturated rings. The zero-order chi connectivity index (χ0) is 15.3. The molecule has 0 aliphatic heterocycles. The zero-order valence-corrected chi connectivity index (χ0v) is 13.7. The van der Waals surface area contributed by atoms with Gasteiger partial charge in [-0.1, -0.05) is 43.5 Å². The van der Waals surface area contributed by atoms with Gasteiger partial charge in [-0.25, -0.2) is 0 Å². The van der Waals surface area contributed by atoms with E-state index in [2.05, 4.69) is 24.5 Å². The highest BCUT2D eigenvalue weighted by Crippen LogP contribution is 2.41. The van der Waals surface area contributed by atoms with Crippen LogP contribution in [0.2, 0.25) is 5.02 Å². The van der Waals surface area contributed by atoms with E-state index in [1.807, 2.05) is 24.3 Å². The summed E-state index contributed by atoms with van der Waals surface area (Å²) in [4.78, 5) is 12.8. The van der Waals surface area contributed by atoms with Crippen LogP contribution in [-0.4, -0.2) is 25.0 Å². The highest BCUT2D eigenvalue weighted by molar-refractivity contribution is 6.30. The van der Waals surface area contributed by atoms with Gasteiger partial charge in [0.2, 0.25) is 5.91 Å². The lowest BCUT2D eigenvalue weighted by Gasteiger charge is -2.29. The van der Waals surface area contributed by atoms with Crippen LogP contribution >= 0.6 is 11.6 Å². The normalized spacial score (nSPS) is 18.4. The number of amides is 1. The minimum absolute atomic E-state index is 0.159. The number of benzene rings is 1. The maximum absolute atomic E-state index is 12.8. The molecule has 0 heterocycles. The van der Waals surface area contributed by atoms with Crippen molar-refractivity contribution in [1.29, 1.82) is 0 Å². The quantitative estimate of drug-likeness (QED) is 0.847. The van der Waals surface area contributed by atoms with E-state index in [9.17, 15) is 4.79 Å². The first-order valence-electron chi connectivity index (χ1n) is 7.86. The van der Waals surface area contributed by atoms with Gasteiger partial charge in [0.1, 0.15) is 0 Å². The molecular formula is C17H25ClN2O. The van der Waals surface area contributed by atoms with E-state index in [-0.39, 0.29) is 11.3 Å². The van der Waals surface area contributed by atoms with Gasteiger partial charge in [-0.3, -0.25) is 4.79 Å². The molecule has 2 rings (SSSR count). The highest BCUT2D eigenvalue weighted by Gasteiger charge is 2.42. The molecule has 1 aromatic carbocycles. The Kier molecular flexibility index (Phi) is 5.65. The van der Waals surface area contributed by atoms with Crippen molar-refractivity contribution in [2.24, 2.45) is 0 Å². The summed E-state index contributed by atoms with van der Waals surface area (Å²) in [7, 11) is 0. The Labute approximate surface area is 132 Å². The van der Waals surface area contributed by atoms with E-state index < -0.39 is 0 Å².